The largest absolute Gasteiger partial charge is 0.458 e. The zero-order valence-corrected chi connectivity index (χ0v) is 25.8. The lowest BCUT2D eigenvalue weighted by Crippen LogP contribution is -2.48. The number of anilines is 1. The number of pyridine rings is 1. The molecule has 1 N–H and O–H groups in total. The molecule has 0 aliphatic rings. The molecule has 2 amide bonds. The number of benzene rings is 1. The molecule has 1 unspecified atom stereocenters. The lowest BCUT2D eigenvalue weighted by Gasteiger charge is -2.27. The van der Waals surface area contributed by atoms with E-state index < -0.39 is 41.2 Å². The SMILES string of the molecule is CC(C)C(NC(=O)OCN(C(=O)C(Cl)Cl)c1ccnc(-c2cc(-c3c(Cl)cccc3Cl)no2)c1)C(=O)OC(C)(C)C. The molecule has 1 atom stereocenters. The maximum absolute atomic E-state index is 12.9. The summed E-state index contributed by atoms with van der Waals surface area (Å²) < 4.78 is 16.1. The molecule has 41 heavy (non-hydrogen) atoms. The second kappa shape index (κ2) is 13.7. The van der Waals surface area contributed by atoms with Gasteiger partial charge in [-0.1, -0.05) is 71.5 Å². The van der Waals surface area contributed by atoms with Crippen molar-refractivity contribution in [2.45, 2.75) is 51.1 Å². The molecular formula is C27H28Cl4N4O6. The highest BCUT2D eigenvalue weighted by atomic mass is 35.5. The predicted octanol–water partition coefficient (Wildman–Crippen LogP) is 6.90. The van der Waals surface area contributed by atoms with E-state index in [1.54, 1.807) is 58.9 Å². The molecule has 0 bridgehead atoms. The molecule has 1 aromatic carbocycles. The van der Waals surface area contributed by atoms with E-state index in [9.17, 15) is 14.4 Å². The van der Waals surface area contributed by atoms with Crippen LogP contribution in [0.3, 0.4) is 0 Å². The topological polar surface area (TPSA) is 124 Å². The number of aromatic nitrogens is 2. The summed E-state index contributed by atoms with van der Waals surface area (Å²) in [6.45, 7) is 8.04. The van der Waals surface area contributed by atoms with Crippen LogP contribution in [0.4, 0.5) is 10.5 Å². The third-order valence-corrected chi connectivity index (χ3v) is 6.42. The first kappa shape index (κ1) is 32.5. The molecule has 0 saturated carbocycles. The lowest BCUT2D eigenvalue weighted by atomic mass is 10.0. The first-order valence-electron chi connectivity index (χ1n) is 12.3. The molecule has 3 aromatic rings. The van der Waals surface area contributed by atoms with Gasteiger partial charge in [0.1, 0.15) is 23.0 Å². The van der Waals surface area contributed by atoms with Gasteiger partial charge in [-0.05, 0) is 51.0 Å². The molecule has 2 aromatic heterocycles. The number of alkyl halides is 2. The molecule has 10 nitrogen and oxygen atoms in total. The minimum atomic E-state index is -1.47. The van der Waals surface area contributed by atoms with Crippen molar-refractivity contribution in [3.8, 4) is 22.7 Å². The Morgan fingerprint density at radius 1 is 1.05 bits per heavy atom. The summed E-state index contributed by atoms with van der Waals surface area (Å²) in [6.07, 6.45) is 0.448. The number of carbonyl (C=O) groups is 3. The van der Waals surface area contributed by atoms with Gasteiger partial charge in [0.2, 0.25) is 0 Å². The monoisotopic (exact) mass is 644 g/mol. The zero-order chi connectivity index (χ0) is 30.5. The number of alkyl carbamates (subject to hydrolysis) is 1. The summed E-state index contributed by atoms with van der Waals surface area (Å²) in [5, 5.41) is 7.28. The number of hydrogen-bond acceptors (Lipinski definition) is 8. The minimum Gasteiger partial charge on any atom is -0.458 e. The molecule has 0 fully saturated rings. The molecule has 14 heteroatoms. The number of amides is 2. The molecular weight excluding hydrogens is 618 g/mol. The fourth-order valence-corrected chi connectivity index (χ4v) is 4.34. The van der Waals surface area contributed by atoms with Crippen LogP contribution in [0.2, 0.25) is 10.0 Å². The predicted molar refractivity (Wildman–Crippen MR) is 157 cm³/mol. The highest BCUT2D eigenvalue weighted by Crippen LogP contribution is 2.36. The highest BCUT2D eigenvalue weighted by Gasteiger charge is 2.31. The Hall–Kier alpha value is -3.05. The van der Waals surface area contributed by atoms with Crippen molar-refractivity contribution in [2.24, 2.45) is 5.92 Å². The quantitative estimate of drug-likeness (QED) is 0.151. The van der Waals surface area contributed by atoms with Gasteiger partial charge in [0.15, 0.2) is 17.3 Å². The number of ether oxygens (including phenoxy) is 2. The molecule has 0 aliphatic heterocycles. The zero-order valence-electron chi connectivity index (χ0n) is 22.8. The third kappa shape index (κ3) is 8.72. The van der Waals surface area contributed by atoms with E-state index in [4.69, 9.17) is 60.4 Å². The summed E-state index contributed by atoms with van der Waals surface area (Å²) in [4.78, 5) is 41.9. The highest BCUT2D eigenvalue weighted by molar-refractivity contribution is 6.54. The fourth-order valence-electron chi connectivity index (χ4n) is 3.52. The number of rotatable bonds is 9. The van der Waals surface area contributed by atoms with Gasteiger partial charge in [0.25, 0.3) is 5.91 Å². The van der Waals surface area contributed by atoms with E-state index in [-0.39, 0.29) is 23.1 Å². The molecule has 3 rings (SSSR count). The standard InChI is InChI=1S/C27H28Cl4N4O6/c1-14(2)22(25(37)40-27(3,4)5)33-26(38)39-13-35(24(36)23(30)31)15-9-10-32-18(11-15)20-12-19(34-41-20)21-16(28)7-6-8-17(21)29/h6-12,14,22-23H,13H2,1-5H3,(H,33,38). The molecule has 2 heterocycles. The van der Waals surface area contributed by atoms with Gasteiger partial charge < -0.3 is 19.3 Å². The minimum absolute atomic E-state index is 0.236. The number of halogens is 4. The Kier molecular flexibility index (Phi) is 10.9. The van der Waals surface area contributed by atoms with E-state index in [0.29, 0.717) is 21.3 Å². The van der Waals surface area contributed by atoms with Gasteiger partial charge in [0, 0.05) is 17.8 Å². The second-order valence-corrected chi connectivity index (χ2v) is 12.0. The van der Waals surface area contributed by atoms with Crippen LogP contribution >= 0.6 is 46.4 Å². The van der Waals surface area contributed by atoms with Crippen molar-refractivity contribution in [2.75, 3.05) is 11.6 Å². The van der Waals surface area contributed by atoms with Crippen LogP contribution in [-0.2, 0) is 19.1 Å². The van der Waals surface area contributed by atoms with E-state index in [1.165, 1.54) is 18.3 Å². The smallest absolute Gasteiger partial charge is 0.409 e. The summed E-state index contributed by atoms with van der Waals surface area (Å²) in [5.74, 6) is -1.45. The Labute approximate surface area is 257 Å². The van der Waals surface area contributed by atoms with Gasteiger partial charge in [-0.3, -0.25) is 14.7 Å². The summed E-state index contributed by atoms with van der Waals surface area (Å²) >= 11 is 24.3. The first-order valence-corrected chi connectivity index (χ1v) is 13.9. The van der Waals surface area contributed by atoms with Crippen molar-refractivity contribution in [3.63, 3.8) is 0 Å². The Morgan fingerprint density at radius 2 is 1.71 bits per heavy atom. The van der Waals surface area contributed by atoms with Gasteiger partial charge in [-0.2, -0.15) is 0 Å². The number of carbonyl (C=O) groups excluding carboxylic acids is 3. The lowest BCUT2D eigenvalue weighted by molar-refractivity contribution is -0.158. The molecule has 0 spiro atoms. The van der Waals surface area contributed by atoms with Gasteiger partial charge in [-0.25, -0.2) is 9.59 Å². The van der Waals surface area contributed by atoms with Crippen molar-refractivity contribution in [3.05, 3.63) is 52.6 Å². The molecule has 0 aliphatic carbocycles. The van der Waals surface area contributed by atoms with E-state index in [0.717, 1.165) is 4.90 Å². The molecule has 0 saturated heterocycles. The van der Waals surface area contributed by atoms with Crippen LogP contribution in [0, 0.1) is 5.92 Å². The Balaban J connectivity index is 1.81. The fraction of sp³-hybridized carbons (Fsp3) is 0.370. The van der Waals surface area contributed by atoms with Crippen molar-refractivity contribution < 1.29 is 28.4 Å². The number of nitrogens with one attached hydrogen (secondary N) is 1. The van der Waals surface area contributed by atoms with Crippen molar-refractivity contribution in [1.29, 1.82) is 0 Å². The maximum Gasteiger partial charge on any atom is 0.409 e. The van der Waals surface area contributed by atoms with Gasteiger partial charge in [-0.15, -0.1) is 0 Å². The van der Waals surface area contributed by atoms with E-state index in [2.05, 4.69) is 15.5 Å². The van der Waals surface area contributed by atoms with Crippen LogP contribution in [0.5, 0.6) is 0 Å². The van der Waals surface area contributed by atoms with Crippen molar-refractivity contribution >= 4 is 70.1 Å². The number of nitrogens with zero attached hydrogens (tertiary/aromatic N) is 3. The van der Waals surface area contributed by atoms with Crippen LogP contribution in [0.15, 0.2) is 47.1 Å². The Bertz CT molecular complexity index is 1390. The van der Waals surface area contributed by atoms with Gasteiger partial charge in [0.05, 0.1) is 15.7 Å². The summed E-state index contributed by atoms with van der Waals surface area (Å²) in [5.41, 5.74) is 0.633. The third-order valence-electron chi connectivity index (χ3n) is 5.41. The van der Waals surface area contributed by atoms with Crippen LogP contribution in [0.1, 0.15) is 34.6 Å². The van der Waals surface area contributed by atoms with E-state index in [1.807, 2.05) is 0 Å². The maximum atomic E-state index is 12.9. The van der Waals surface area contributed by atoms with E-state index >= 15 is 0 Å². The van der Waals surface area contributed by atoms with Gasteiger partial charge >= 0.3 is 12.1 Å². The summed E-state index contributed by atoms with van der Waals surface area (Å²) in [7, 11) is 0. The average Bonchev–Trinajstić information content (AvgIpc) is 3.36. The second-order valence-electron chi connectivity index (χ2n) is 10.1. The average molecular weight is 646 g/mol. The normalized spacial score (nSPS) is 12.3. The summed E-state index contributed by atoms with van der Waals surface area (Å²) in [6, 6.07) is 8.62. The number of hydrogen-bond donors (Lipinski definition) is 1. The van der Waals surface area contributed by atoms with Crippen LogP contribution < -0.4 is 10.2 Å². The van der Waals surface area contributed by atoms with Crippen LogP contribution in [-0.4, -0.2) is 51.3 Å². The van der Waals surface area contributed by atoms with Crippen molar-refractivity contribution in [1.82, 2.24) is 15.5 Å². The molecule has 220 valence electrons. The van der Waals surface area contributed by atoms with Crippen LogP contribution in [0.25, 0.3) is 22.7 Å². The first-order chi connectivity index (χ1) is 19.2. The molecule has 0 radical (unpaired) electrons. The number of esters is 1. The Morgan fingerprint density at radius 3 is 2.29 bits per heavy atom.